The van der Waals surface area contributed by atoms with Gasteiger partial charge in [0, 0.05) is 5.69 Å². The first-order chi connectivity index (χ1) is 9.85. The molecule has 4 N–H and O–H groups in total. The molecule has 0 heterocycles. The van der Waals surface area contributed by atoms with E-state index in [0.717, 1.165) is 36.7 Å². The first-order valence-electron chi connectivity index (χ1n) is 7.11. The van der Waals surface area contributed by atoms with Crippen molar-refractivity contribution in [3.05, 3.63) is 23.8 Å². The average Bonchev–Trinajstić information content (AvgIpc) is 2.45. The molecule has 1 aromatic carbocycles. The Morgan fingerprint density at radius 3 is 2.00 bits per heavy atom. The molecule has 6 nitrogen and oxygen atoms in total. The van der Waals surface area contributed by atoms with E-state index in [1.807, 2.05) is 0 Å². The first-order valence-corrected chi connectivity index (χ1v) is 7.11. The monoisotopic (exact) mass is 378 g/mol. The molecule has 0 spiro atoms. The van der Waals surface area contributed by atoms with Crippen LogP contribution in [0.25, 0.3) is 0 Å². The fourth-order valence-corrected chi connectivity index (χ4v) is 2.07. The standard InChI is InChI=1S/C8H20NO.C7H7NO3.BrH/c1-4-9(5-2,6-3)7-8-10;8-4-1-2-5(7(10)11)6(9)3-4;/h10H,4-8H2,1-3H3;1-3,9H,8H2,(H,10,11);1H/q+1;;/p-1. The Hall–Kier alpha value is -1.31. The van der Waals surface area contributed by atoms with Crippen molar-refractivity contribution in [1.29, 1.82) is 0 Å². The molecule has 0 amide bonds. The van der Waals surface area contributed by atoms with E-state index in [0.29, 0.717) is 6.61 Å². The van der Waals surface area contributed by atoms with Crippen LogP contribution in [0.5, 0.6) is 5.75 Å². The van der Waals surface area contributed by atoms with Gasteiger partial charge in [-0.1, -0.05) is 5.75 Å². The molecule has 0 aliphatic carbocycles. The third kappa shape index (κ3) is 7.11. The van der Waals surface area contributed by atoms with Crippen LogP contribution in [0, 0.1) is 0 Å². The maximum Gasteiger partial charge on any atom is 0.335 e. The van der Waals surface area contributed by atoms with Crippen molar-refractivity contribution < 1.29 is 24.6 Å². The van der Waals surface area contributed by atoms with E-state index in [1.165, 1.54) is 12.1 Å². The third-order valence-electron chi connectivity index (χ3n) is 3.82. The minimum atomic E-state index is -1.23. The summed E-state index contributed by atoms with van der Waals surface area (Å²) >= 11 is 0. The molecule has 128 valence electrons. The summed E-state index contributed by atoms with van der Waals surface area (Å²) in [4.78, 5) is 10.3. The Balaban J connectivity index is 0. The number of rotatable bonds is 6. The quantitative estimate of drug-likeness (QED) is 0.513. The minimum Gasteiger partial charge on any atom is -0.872 e. The van der Waals surface area contributed by atoms with Crippen LogP contribution in [0.2, 0.25) is 0 Å². The lowest BCUT2D eigenvalue weighted by Gasteiger charge is -2.34. The topological polar surface area (TPSA) is 107 Å². The van der Waals surface area contributed by atoms with Crippen LogP contribution in [-0.2, 0) is 0 Å². The zero-order valence-corrected chi connectivity index (χ0v) is 15.1. The number of benzene rings is 1. The van der Waals surface area contributed by atoms with E-state index >= 15 is 0 Å². The van der Waals surface area contributed by atoms with Crippen LogP contribution in [0.15, 0.2) is 18.2 Å². The summed E-state index contributed by atoms with van der Waals surface area (Å²) in [5, 5.41) is 28.0. The summed E-state index contributed by atoms with van der Waals surface area (Å²) < 4.78 is 1.05. The summed E-state index contributed by atoms with van der Waals surface area (Å²) in [6.45, 7) is 11.2. The number of hydrogen-bond acceptors (Lipinski definition) is 4. The molecule has 1 aromatic rings. The second-order valence-electron chi connectivity index (χ2n) is 4.80. The van der Waals surface area contributed by atoms with Gasteiger partial charge in [-0.15, -0.1) is 17.0 Å². The minimum absolute atomic E-state index is 0. The number of aliphatic hydroxyl groups excluding tert-OH is 1. The number of carboxylic acids is 1. The number of quaternary nitrogens is 1. The van der Waals surface area contributed by atoms with Crippen molar-refractivity contribution in [2.45, 2.75) is 20.8 Å². The Morgan fingerprint density at radius 2 is 1.73 bits per heavy atom. The maximum atomic E-state index is 10.8. The van der Waals surface area contributed by atoms with Gasteiger partial charge in [0.2, 0.25) is 0 Å². The summed E-state index contributed by atoms with van der Waals surface area (Å²) in [6.07, 6.45) is 0. The molecule has 0 saturated carbocycles. The number of halogens is 1. The molecular weight excluding hydrogens is 352 g/mol. The van der Waals surface area contributed by atoms with Gasteiger partial charge in [0.1, 0.15) is 6.54 Å². The van der Waals surface area contributed by atoms with Crippen LogP contribution in [0.1, 0.15) is 31.1 Å². The molecule has 0 aliphatic heterocycles. The maximum absolute atomic E-state index is 10.8. The molecule has 7 heteroatoms. The van der Waals surface area contributed by atoms with Crippen LogP contribution in [-0.4, -0.2) is 53.5 Å². The number of carboxylic acid groups (broad SMARTS) is 1. The van der Waals surface area contributed by atoms with Gasteiger partial charge in [0.05, 0.1) is 31.8 Å². The number of anilines is 1. The van der Waals surface area contributed by atoms with Gasteiger partial charge in [0.15, 0.2) is 0 Å². The fraction of sp³-hybridized carbons (Fsp3) is 0.533. The van der Waals surface area contributed by atoms with Crippen molar-refractivity contribution in [1.82, 2.24) is 0 Å². The predicted octanol–water partition coefficient (Wildman–Crippen LogP) is 1.47. The largest absolute Gasteiger partial charge is 0.872 e. The summed E-state index contributed by atoms with van der Waals surface area (Å²) in [5.41, 5.74) is 5.26. The van der Waals surface area contributed by atoms with E-state index in [-0.39, 0.29) is 28.2 Å². The Kier molecular flexibility index (Phi) is 11.8. The zero-order valence-electron chi connectivity index (χ0n) is 13.4. The molecule has 0 radical (unpaired) electrons. The molecular formula is C15H27BrN2O4. The summed E-state index contributed by atoms with van der Waals surface area (Å²) in [5.74, 6) is -1.78. The molecule has 0 aromatic heterocycles. The van der Waals surface area contributed by atoms with Crippen molar-refractivity contribution in [2.24, 2.45) is 0 Å². The zero-order chi connectivity index (χ0) is 16.5. The second kappa shape index (κ2) is 11.3. The molecule has 22 heavy (non-hydrogen) atoms. The summed E-state index contributed by atoms with van der Waals surface area (Å²) in [7, 11) is 0. The van der Waals surface area contributed by atoms with Crippen molar-refractivity contribution in [3.63, 3.8) is 0 Å². The first kappa shape index (κ1) is 23.0. The third-order valence-corrected chi connectivity index (χ3v) is 3.82. The van der Waals surface area contributed by atoms with Crippen LogP contribution in [0.4, 0.5) is 5.69 Å². The van der Waals surface area contributed by atoms with Gasteiger partial charge in [-0.25, -0.2) is 4.79 Å². The van der Waals surface area contributed by atoms with Crippen molar-refractivity contribution >= 4 is 28.6 Å². The van der Waals surface area contributed by atoms with E-state index < -0.39 is 11.7 Å². The van der Waals surface area contributed by atoms with Gasteiger partial charge < -0.3 is 25.5 Å². The lowest BCUT2D eigenvalue weighted by Crippen LogP contribution is -2.49. The number of aromatic carboxylic acids is 1. The number of likely N-dealkylation sites (N-methyl/N-ethyl adjacent to an activating group) is 1. The highest BCUT2D eigenvalue weighted by molar-refractivity contribution is 8.93. The molecule has 0 atom stereocenters. The number of nitrogen functional groups attached to an aromatic ring is 1. The molecule has 0 saturated heterocycles. The van der Waals surface area contributed by atoms with E-state index in [9.17, 15) is 9.90 Å². The highest BCUT2D eigenvalue weighted by Gasteiger charge is 2.18. The smallest absolute Gasteiger partial charge is 0.335 e. The lowest BCUT2D eigenvalue weighted by molar-refractivity contribution is -0.923. The van der Waals surface area contributed by atoms with E-state index in [1.54, 1.807) is 0 Å². The SMILES string of the molecule is Br.CC[N+](CC)(CC)CCO.Nc1ccc(C(=O)O)c([O-])c1. The van der Waals surface area contributed by atoms with E-state index in [2.05, 4.69) is 20.8 Å². The number of aliphatic hydroxyl groups is 1. The predicted molar refractivity (Wildman–Crippen MR) is 91.4 cm³/mol. The number of nitrogens with zero attached hydrogens (tertiary/aromatic N) is 1. The molecule has 0 fully saturated rings. The van der Waals surface area contributed by atoms with Crippen LogP contribution in [0.3, 0.4) is 0 Å². The van der Waals surface area contributed by atoms with Crippen molar-refractivity contribution in [2.75, 3.05) is 38.5 Å². The normalized spacial score (nSPS) is 10.2. The van der Waals surface area contributed by atoms with Gasteiger partial charge in [-0.05, 0) is 39.0 Å². The Bertz CT molecular complexity index is 443. The summed E-state index contributed by atoms with van der Waals surface area (Å²) in [6, 6.07) is 3.66. The van der Waals surface area contributed by atoms with Crippen LogP contribution >= 0.6 is 17.0 Å². The highest BCUT2D eigenvalue weighted by Crippen LogP contribution is 2.16. The average molecular weight is 379 g/mol. The van der Waals surface area contributed by atoms with E-state index in [4.69, 9.17) is 15.9 Å². The fourth-order valence-electron chi connectivity index (χ4n) is 2.07. The second-order valence-corrected chi connectivity index (χ2v) is 4.80. The molecule has 0 unspecified atom stereocenters. The molecule has 1 rings (SSSR count). The van der Waals surface area contributed by atoms with Gasteiger partial charge in [0.25, 0.3) is 0 Å². The van der Waals surface area contributed by atoms with Crippen molar-refractivity contribution in [3.8, 4) is 5.75 Å². The molecule has 0 bridgehead atoms. The van der Waals surface area contributed by atoms with Crippen LogP contribution < -0.4 is 10.8 Å². The number of hydrogen-bond donors (Lipinski definition) is 3. The van der Waals surface area contributed by atoms with Gasteiger partial charge in [-0.2, -0.15) is 0 Å². The van der Waals surface area contributed by atoms with Gasteiger partial charge >= 0.3 is 5.97 Å². The van der Waals surface area contributed by atoms with Gasteiger partial charge in [-0.3, -0.25) is 0 Å². The lowest BCUT2D eigenvalue weighted by atomic mass is 10.2. The Labute approximate surface area is 142 Å². The molecule has 0 aliphatic rings. The number of carbonyl (C=O) groups is 1. The number of nitrogens with two attached hydrogens (primary N) is 1. The highest BCUT2D eigenvalue weighted by atomic mass is 79.9. The Morgan fingerprint density at radius 1 is 1.23 bits per heavy atom.